The average Bonchev–Trinajstić information content (AvgIpc) is 2.72. The Balaban J connectivity index is 2.31. The van der Waals surface area contributed by atoms with Gasteiger partial charge in [-0.25, -0.2) is 9.97 Å². The van der Waals surface area contributed by atoms with E-state index in [2.05, 4.69) is 47.9 Å². The molecule has 0 saturated carbocycles. The number of nitrogens with one attached hydrogen (secondary N) is 1. The van der Waals surface area contributed by atoms with Gasteiger partial charge < -0.3 is 10.2 Å². The molecular weight excluding hydrogens is 236 g/mol. The first-order valence-corrected chi connectivity index (χ1v) is 7.50. The standard InChI is InChI=1S/C15H26N4/c1-5-7-13-14(16-6-2)17-10-18-15(13)19-8-11(3)12(4)9-19/h10-12H,5-9H2,1-4H3,(H,16,17,18). The molecule has 19 heavy (non-hydrogen) atoms. The summed E-state index contributed by atoms with van der Waals surface area (Å²) in [5, 5.41) is 3.37. The molecule has 1 aliphatic heterocycles. The second-order valence-electron chi connectivity index (χ2n) is 5.66. The van der Waals surface area contributed by atoms with Gasteiger partial charge in [-0.3, -0.25) is 0 Å². The summed E-state index contributed by atoms with van der Waals surface area (Å²) in [4.78, 5) is 11.4. The molecule has 0 spiro atoms. The van der Waals surface area contributed by atoms with Crippen molar-refractivity contribution in [3.8, 4) is 0 Å². The molecule has 0 aromatic carbocycles. The molecule has 1 aliphatic rings. The summed E-state index contributed by atoms with van der Waals surface area (Å²) in [6.45, 7) is 12.1. The summed E-state index contributed by atoms with van der Waals surface area (Å²) in [5.74, 6) is 3.64. The second kappa shape index (κ2) is 6.22. The fraction of sp³-hybridized carbons (Fsp3) is 0.733. The van der Waals surface area contributed by atoms with Crippen LogP contribution in [0.2, 0.25) is 0 Å². The van der Waals surface area contributed by atoms with Gasteiger partial charge in [0.05, 0.1) is 0 Å². The van der Waals surface area contributed by atoms with Crippen molar-refractivity contribution in [1.29, 1.82) is 0 Å². The van der Waals surface area contributed by atoms with Crippen LogP contribution in [0.15, 0.2) is 6.33 Å². The quantitative estimate of drug-likeness (QED) is 0.886. The van der Waals surface area contributed by atoms with Crippen LogP contribution in [0.3, 0.4) is 0 Å². The van der Waals surface area contributed by atoms with Crippen LogP contribution in [0.25, 0.3) is 0 Å². The van der Waals surface area contributed by atoms with Crippen molar-refractivity contribution in [3.05, 3.63) is 11.9 Å². The van der Waals surface area contributed by atoms with Crippen molar-refractivity contribution in [2.75, 3.05) is 29.9 Å². The summed E-state index contributed by atoms with van der Waals surface area (Å²) < 4.78 is 0. The lowest BCUT2D eigenvalue weighted by molar-refractivity contribution is 0.494. The summed E-state index contributed by atoms with van der Waals surface area (Å²) in [6, 6.07) is 0. The van der Waals surface area contributed by atoms with Crippen LogP contribution in [-0.4, -0.2) is 29.6 Å². The predicted octanol–water partition coefficient (Wildman–Crippen LogP) is 2.95. The number of nitrogens with zero attached hydrogens (tertiary/aromatic N) is 3. The minimum atomic E-state index is 0.743. The van der Waals surface area contributed by atoms with E-state index in [4.69, 9.17) is 0 Å². The number of rotatable bonds is 5. The first-order chi connectivity index (χ1) is 9.17. The fourth-order valence-electron chi connectivity index (χ4n) is 2.78. The number of aromatic nitrogens is 2. The van der Waals surface area contributed by atoms with Gasteiger partial charge in [0.1, 0.15) is 18.0 Å². The topological polar surface area (TPSA) is 41.1 Å². The summed E-state index contributed by atoms with van der Waals surface area (Å²) in [5.41, 5.74) is 1.29. The van der Waals surface area contributed by atoms with Gasteiger partial charge in [-0.2, -0.15) is 0 Å². The van der Waals surface area contributed by atoms with Crippen molar-refractivity contribution in [2.45, 2.75) is 40.5 Å². The Morgan fingerprint density at radius 1 is 1.21 bits per heavy atom. The zero-order valence-electron chi connectivity index (χ0n) is 12.6. The maximum Gasteiger partial charge on any atom is 0.137 e. The summed E-state index contributed by atoms with van der Waals surface area (Å²) >= 11 is 0. The highest BCUT2D eigenvalue weighted by Gasteiger charge is 2.28. The fourth-order valence-corrected chi connectivity index (χ4v) is 2.78. The Hall–Kier alpha value is -1.32. The van der Waals surface area contributed by atoms with Gasteiger partial charge >= 0.3 is 0 Å². The Morgan fingerprint density at radius 3 is 2.47 bits per heavy atom. The van der Waals surface area contributed by atoms with Gasteiger partial charge in [-0.1, -0.05) is 27.2 Å². The minimum Gasteiger partial charge on any atom is -0.370 e. The lowest BCUT2D eigenvalue weighted by Gasteiger charge is -2.22. The molecule has 2 atom stereocenters. The van der Waals surface area contributed by atoms with Gasteiger partial charge in [0.25, 0.3) is 0 Å². The molecular formula is C15H26N4. The molecule has 1 fully saturated rings. The monoisotopic (exact) mass is 262 g/mol. The van der Waals surface area contributed by atoms with Crippen LogP contribution in [0.5, 0.6) is 0 Å². The number of anilines is 2. The molecule has 1 aromatic heterocycles. The van der Waals surface area contributed by atoms with Gasteiger partial charge in [0.15, 0.2) is 0 Å². The van der Waals surface area contributed by atoms with E-state index < -0.39 is 0 Å². The second-order valence-corrected chi connectivity index (χ2v) is 5.66. The van der Waals surface area contributed by atoms with E-state index >= 15 is 0 Å². The molecule has 2 heterocycles. The molecule has 4 nitrogen and oxygen atoms in total. The molecule has 0 radical (unpaired) electrons. The highest BCUT2D eigenvalue weighted by Crippen LogP contribution is 2.31. The molecule has 0 aliphatic carbocycles. The third-order valence-electron chi connectivity index (χ3n) is 4.05. The zero-order valence-corrected chi connectivity index (χ0v) is 12.6. The molecule has 2 unspecified atom stereocenters. The molecule has 0 bridgehead atoms. The van der Waals surface area contributed by atoms with Gasteiger partial charge in [0, 0.05) is 25.2 Å². The molecule has 1 N–H and O–H groups in total. The van der Waals surface area contributed by atoms with Crippen molar-refractivity contribution < 1.29 is 0 Å². The summed E-state index contributed by atoms with van der Waals surface area (Å²) in [6.07, 6.45) is 3.86. The minimum absolute atomic E-state index is 0.743. The van der Waals surface area contributed by atoms with Gasteiger partial charge in [-0.15, -0.1) is 0 Å². The molecule has 2 rings (SSSR count). The lowest BCUT2D eigenvalue weighted by atomic mass is 10.0. The molecule has 1 saturated heterocycles. The molecule has 0 amide bonds. The van der Waals surface area contributed by atoms with E-state index in [-0.39, 0.29) is 0 Å². The highest BCUT2D eigenvalue weighted by molar-refractivity contribution is 5.59. The molecule has 4 heteroatoms. The van der Waals surface area contributed by atoms with Crippen molar-refractivity contribution in [3.63, 3.8) is 0 Å². The van der Waals surface area contributed by atoms with Crippen LogP contribution in [0.1, 0.15) is 39.7 Å². The van der Waals surface area contributed by atoms with E-state index in [0.717, 1.165) is 55.9 Å². The maximum atomic E-state index is 4.57. The number of hydrogen-bond acceptors (Lipinski definition) is 4. The third kappa shape index (κ3) is 2.99. The Kier molecular flexibility index (Phi) is 4.61. The Labute approximate surface area is 116 Å². The van der Waals surface area contributed by atoms with Gasteiger partial charge in [-0.05, 0) is 25.2 Å². The van der Waals surface area contributed by atoms with Crippen molar-refractivity contribution >= 4 is 11.6 Å². The predicted molar refractivity (Wildman–Crippen MR) is 80.7 cm³/mol. The Morgan fingerprint density at radius 2 is 1.89 bits per heavy atom. The first-order valence-electron chi connectivity index (χ1n) is 7.50. The smallest absolute Gasteiger partial charge is 0.137 e. The van der Waals surface area contributed by atoms with E-state index in [0.29, 0.717) is 0 Å². The number of hydrogen-bond donors (Lipinski definition) is 1. The van der Waals surface area contributed by atoms with Crippen molar-refractivity contribution in [1.82, 2.24) is 9.97 Å². The normalized spacial score (nSPS) is 22.8. The van der Waals surface area contributed by atoms with Crippen LogP contribution >= 0.6 is 0 Å². The summed E-state index contributed by atoms with van der Waals surface area (Å²) in [7, 11) is 0. The highest BCUT2D eigenvalue weighted by atomic mass is 15.2. The maximum absolute atomic E-state index is 4.57. The molecule has 106 valence electrons. The van der Waals surface area contributed by atoms with Crippen LogP contribution in [0.4, 0.5) is 11.6 Å². The zero-order chi connectivity index (χ0) is 13.8. The largest absolute Gasteiger partial charge is 0.370 e. The van der Waals surface area contributed by atoms with E-state index in [1.165, 1.54) is 5.56 Å². The first kappa shape index (κ1) is 14.1. The van der Waals surface area contributed by atoms with Crippen LogP contribution in [-0.2, 0) is 6.42 Å². The van der Waals surface area contributed by atoms with E-state index in [9.17, 15) is 0 Å². The van der Waals surface area contributed by atoms with E-state index in [1.807, 2.05) is 0 Å². The lowest BCUT2D eigenvalue weighted by Crippen LogP contribution is -2.23. The van der Waals surface area contributed by atoms with E-state index in [1.54, 1.807) is 6.33 Å². The third-order valence-corrected chi connectivity index (χ3v) is 4.05. The van der Waals surface area contributed by atoms with Gasteiger partial charge in [0.2, 0.25) is 0 Å². The molecule has 1 aromatic rings. The Bertz CT molecular complexity index is 409. The van der Waals surface area contributed by atoms with Crippen LogP contribution in [0, 0.1) is 11.8 Å². The van der Waals surface area contributed by atoms with Crippen molar-refractivity contribution in [2.24, 2.45) is 11.8 Å². The average molecular weight is 262 g/mol. The van der Waals surface area contributed by atoms with Crippen LogP contribution < -0.4 is 10.2 Å². The SMILES string of the molecule is CCCc1c(NCC)ncnc1N1CC(C)C(C)C1.